The van der Waals surface area contributed by atoms with Gasteiger partial charge in [-0.15, -0.1) is 24.8 Å². The molecule has 58 heavy (non-hydrogen) atoms. The maximum atomic E-state index is 12.8. The molecule has 12 nitrogen and oxygen atoms in total. The van der Waals surface area contributed by atoms with Crippen LogP contribution in [0.5, 0.6) is 34.5 Å². The molecule has 0 radical (unpaired) electrons. The number of allylic oxidation sites excluding steroid dienone is 2. The second-order valence-electron chi connectivity index (χ2n) is 13.1. The van der Waals surface area contributed by atoms with Gasteiger partial charge in [-0.2, -0.15) is 0 Å². The summed E-state index contributed by atoms with van der Waals surface area (Å²) in [5.74, 6) is 14.9. The molecule has 2 aliphatic heterocycles. The van der Waals surface area contributed by atoms with Crippen molar-refractivity contribution in [3.05, 3.63) is 95.1 Å². The number of hydrogen-bond donors (Lipinski definition) is 0. The Balaban J connectivity index is 0.00000450. The number of methoxy groups -OCH3 is 6. The zero-order valence-corrected chi connectivity index (χ0v) is 35.5. The van der Waals surface area contributed by atoms with Gasteiger partial charge in [0, 0.05) is 88.7 Å². The highest BCUT2D eigenvalue weighted by molar-refractivity contribution is 5.88. The molecule has 0 atom stereocenters. The summed E-state index contributed by atoms with van der Waals surface area (Å²) in [5, 5.41) is 0. The lowest BCUT2D eigenvalue weighted by Crippen LogP contribution is -2.48. The maximum Gasteiger partial charge on any atom is 0.247 e. The number of ether oxygens (including phenoxy) is 6. The molecule has 3 aromatic carbocycles. The molecule has 3 aromatic rings. The van der Waals surface area contributed by atoms with Crippen LogP contribution in [0.25, 0.3) is 0 Å². The topological polar surface area (TPSA) is 102 Å². The molecule has 2 saturated heterocycles. The van der Waals surface area contributed by atoms with E-state index >= 15 is 0 Å². The van der Waals surface area contributed by atoms with Crippen molar-refractivity contribution < 1.29 is 38.0 Å². The molecule has 0 unspecified atom stereocenters. The van der Waals surface area contributed by atoms with Gasteiger partial charge < -0.3 is 38.2 Å². The fourth-order valence-corrected chi connectivity index (χ4v) is 6.51. The van der Waals surface area contributed by atoms with E-state index in [-0.39, 0.29) is 36.6 Å². The highest BCUT2D eigenvalue weighted by Crippen LogP contribution is 2.39. The number of carbonyl (C=O) groups excluding carboxylic acids is 2. The van der Waals surface area contributed by atoms with E-state index in [1.165, 1.54) is 23.3 Å². The molecule has 0 aromatic heterocycles. The Kier molecular flexibility index (Phi) is 19.1. The smallest absolute Gasteiger partial charge is 0.247 e. The van der Waals surface area contributed by atoms with Gasteiger partial charge in [-0.3, -0.25) is 19.4 Å². The fraction of sp³-hybridized carbons (Fsp3) is 0.364. The van der Waals surface area contributed by atoms with Crippen LogP contribution in [0.15, 0.2) is 72.8 Å². The molecule has 0 N–H and O–H groups in total. The number of amides is 2. The number of benzene rings is 3. The highest BCUT2D eigenvalue weighted by Gasteiger charge is 2.21. The first-order valence-corrected chi connectivity index (χ1v) is 18.4. The van der Waals surface area contributed by atoms with Crippen molar-refractivity contribution >= 4 is 36.6 Å². The summed E-state index contributed by atoms with van der Waals surface area (Å²) < 4.78 is 32.3. The molecule has 2 heterocycles. The van der Waals surface area contributed by atoms with Gasteiger partial charge in [0.25, 0.3) is 0 Å². The first-order chi connectivity index (χ1) is 27.3. The summed E-state index contributed by atoms with van der Waals surface area (Å²) in [6.45, 7) is 7.52. The summed E-state index contributed by atoms with van der Waals surface area (Å²) in [6, 6.07) is 15.8. The summed E-state index contributed by atoms with van der Waals surface area (Å²) in [7, 11) is 9.34. The normalized spacial score (nSPS) is 14.2. The average molecular weight is 836 g/mol. The van der Waals surface area contributed by atoms with Crippen LogP contribution >= 0.6 is 24.8 Å². The Morgan fingerprint density at radius 1 is 0.517 bits per heavy atom. The van der Waals surface area contributed by atoms with E-state index < -0.39 is 0 Å². The molecule has 0 bridgehead atoms. The van der Waals surface area contributed by atoms with Gasteiger partial charge in [0.05, 0.1) is 42.7 Å². The number of hydrogen-bond acceptors (Lipinski definition) is 10. The second-order valence-corrected chi connectivity index (χ2v) is 13.1. The molecule has 2 aliphatic rings. The molecule has 310 valence electrons. The maximum absolute atomic E-state index is 12.8. The molecular formula is C44H52Cl2N4O8. The van der Waals surface area contributed by atoms with Crippen molar-refractivity contribution in [3.63, 3.8) is 0 Å². The molecule has 2 amide bonds. The number of carbonyl (C=O) groups is 2. The van der Waals surface area contributed by atoms with Crippen molar-refractivity contribution in [2.75, 3.05) is 95.0 Å². The van der Waals surface area contributed by atoms with Gasteiger partial charge in [0.1, 0.15) is 0 Å². The van der Waals surface area contributed by atoms with Gasteiger partial charge in [-0.25, -0.2) is 0 Å². The summed E-state index contributed by atoms with van der Waals surface area (Å²) >= 11 is 0. The van der Waals surface area contributed by atoms with Gasteiger partial charge in [0.15, 0.2) is 23.0 Å². The molecular weight excluding hydrogens is 783 g/mol. The van der Waals surface area contributed by atoms with E-state index in [1.54, 1.807) is 79.1 Å². The molecule has 0 spiro atoms. The third kappa shape index (κ3) is 12.8. The monoisotopic (exact) mass is 834 g/mol. The van der Waals surface area contributed by atoms with E-state index in [0.717, 1.165) is 39.3 Å². The van der Waals surface area contributed by atoms with Crippen molar-refractivity contribution in [1.82, 2.24) is 19.6 Å². The largest absolute Gasteiger partial charge is 0.493 e. The first-order valence-electron chi connectivity index (χ1n) is 18.4. The van der Waals surface area contributed by atoms with Gasteiger partial charge in [0.2, 0.25) is 23.3 Å². The zero-order valence-electron chi connectivity index (χ0n) is 33.9. The predicted octanol–water partition coefficient (Wildman–Crippen LogP) is 5.09. The lowest BCUT2D eigenvalue weighted by atomic mass is 10.1. The van der Waals surface area contributed by atoms with Crippen molar-refractivity contribution in [1.29, 1.82) is 0 Å². The standard InChI is InChI=1S/C44H50N4O8.2ClH/c1-51-37-27-35(28-38(52-2)43(37)55-5)11-7-9-13-41(49)47-23-19-45(20-24-47)31-33-15-17-34(18-16-33)32-46-21-25-48(26-22-46)42(50)14-10-8-12-36-29-39(53-3)44(56-6)40(30-36)54-4;;/h9-10,13-18,27-30H,19-26,31-32H2,1-6H3;2*1H. The van der Waals surface area contributed by atoms with E-state index in [2.05, 4.69) is 57.7 Å². The number of piperazine rings is 2. The summed E-state index contributed by atoms with van der Waals surface area (Å²) in [6.07, 6.45) is 6.20. The Morgan fingerprint density at radius 2 is 0.828 bits per heavy atom. The van der Waals surface area contributed by atoms with Crippen LogP contribution in [0, 0.1) is 23.7 Å². The molecule has 14 heteroatoms. The Bertz CT molecular complexity index is 1820. The van der Waals surface area contributed by atoms with Crippen LogP contribution in [0.4, 0.5) is 0 Å². The minimum Gasteiger partial charge on any atom is -0.493 e. The van der Waals surface area contributed by atoms with E-state index in [1.807, 2.05) is 9.80 Å². The van der Waals surface area contributed by atoms with Crippen LogP contribution in [-0.2, 0) is 22.7 Å². The quantitative estimate of drug-likeness (QED) is 0.181. The Hall–Kier alpha value is -5.50. The van der Waals surface area contributed by atoms with E-state index in [4.69, 9.17) is 28.4 Å². The lowest BCUT2D eigenvalue weighted by molar-refractivity contribution is -0.128. The van der Waals surface area contributed by atoms with Crippen molar-refractivity contribution in [3.8, 4) is 58.2 Å². The SMILES string of the molecule is COc1cc(C#CC=CC(=O)N2CCN(Cc3ccc(CN4CCN(C(=O)C=CC#Cc5cc(OC)c(OC)c(OC)c5)CC4)cc3)CC2)cc(OC)c1OC.Cl.Cl. The van der Waals surface area contributed by atoms with Crippen molar-refractivity contribution in [2.45, 2.75) is 13.1 Å². The van der Waals surface area contributed by atoms with Gasteiger partial charge in [-0.05, 0) is 47.5 Å². The van der Waals surface area contributed by atoms with Crippen LogP contribution < -0.4 is 28.4 Å². The third-order valence-corrected chi connectivity index (χ3v) is 9.58. The molecule has 0 saturated carbocycles. The Labute approximate surface area is 354 Å². The van der Waals surface area contributed by atoms with Crippen LogP contribution in [-0.4, -0.2) is 126 Å². The third-order valence-electron chi connectivity index (χ3n) is 9.58. The second kappa shape index (κ2) is 23.7. The van der Waals surface area contributed by atoms with Crippen LogP contribution in [0.1, 0.15) is 22.3 Å². The molecule has 5 rings (SSSR count). The zero-order chi connectivity index (χ0) is 39.9. The van der Waals surface area contributed by atoms with E-state index in [9.17, 15) is 9.59 Å². The lowest BCUT2D eigenvalue weighted by Gasteiger charge is -2.34. The highest BCUT2D eigenvalue weighted by atomic mass is 35.5. The van der Waals surface area contributed by atoms with Gasteiger partial charge >= 0.3 is 0 Å². The van der Waals surface area contributed by atoms with Gasteiger partial charge in [-0.1, -0.05) is 47.9 Å². The molecule has 2 fully saturated rings. The predicted molar refractivity (Wildman–Crippen MR) is 229 cm³/mol. The number of rotatable bonds is 12. The van der Waals surface area contributed by atoms with Crippen LogP contribution in [0.2, 0.25) is 0 Å². The van der Waals surface area contributed by atoms with Crippen molar-refractivity contribution in [2.24, 2.45) is 0 Å². The first kappa shape index (κ1) is 46.9. The number of halogens is 2. The Morgan fingerprint density at radius 3 is 1.10 bits per heavy atom. The molecule has 0 aliphatic carbocycles. The minimum atomic E-state index is -0.0479. The fourth-order valence-electron chi connectivity index (χ4n) is 6.51. The van der Waals surface area contributed by atoms with Crippen LogP contribution in [0.3, 0.4) is 0 Å². The summed E-state index contributed by atoms with van der Waals surface area (Å²) in [4.78, 5) is 34.1. The number of nitrogens with zero attached hydrogens (tertiary/aromatic N) is 4. The summed E-state index contributed by atoms with van der Waals surface area (Å²) in [5.41, 5.74) is 3.86. The van der Waals surface area contributed by atoms with E-state index in [0.29, 0.717) is 71.8 Å². The average Bonchev–Trinajstić information content (AvgIpc) is 3.24. The minimum absolute atomic E-state index is 0.